The number of likely N-dealkylation sites (tertiary alicyclic amines) is 1. The highest BCUT2D eigenvalue weighted by Crippen LogP contribution is 2.20. The molecule has 2 heterocycles. The lowest BCUT2D eigenvalue weighted by Gasteiger charge is -2.15. The summed E-state index contributed by atoms with van der Waals surface area (Å²) >= 11 is 0. The van der Waals surface area contributed by atoms with Crippen LogP contribution in [0.25, 0.3) is 10.9 Å². The smallest absolute Gasteiger partial charge is 0.316 e. The maximum absolute atomic E-state index is 5.81. The van der Waals surface area contributed by atoms with Crippen molar-refractivity contribution in [3.8, 4) is 11.8 Å². The summed E-state index contributed by atoms with van der Waals surface area (Å²) in [5.74, 6) is 0.845. The van der Waals surface area contributed by atoms with Gasteiger partial charge in [-0.2, -0.15) is 4.98 Å². The number of hydrogen-bond donors (Lipinski definition) is 0. The third kappa shape index (κ3) is 2.99. The van der Waals surface area contributed by atoms with Crippen LogP contribution in [0.3, 0.4) is 0 Å². The van der Waals surface area contributed by atoms with Crippen molar-refractivity contribution in [1.82, 2.24) is 14.9 Å². The van der Waals surface area contributed by atoms with E-state index < -0.39 is 0 Å². The molecular weight excluding hydrogens is 254 g/mol. The first-order valence-corrected chi connectivity index (χ1v) is 7.01. The van der Waals surface area contributed by atoms with Crippen molar-refractivity contribution in [3.63, 3.8) is 0 Å². The minimum absolute atomic E-state index is 0.381. The predicted octanol–water partition coefficient (Wildman–Crippen LogP) is 2.11. The van der Waals surface area contributed by atoms with E-state index in [1.165, 1.54) is 25.9 Å². The van der Waals surface area contributed by atoms with Crippen LogP contribution >= 0.6 is 0 Å². The minimum Gasteiger partial charge on any atom is -0.492 e. The van der Waals surface area contributed by atoms with Crippen molar-refractivity contribution < 1.29 is 9.47 Å². The summed E-state index contributed by atoms with van der Waals surface area (Å²) in [7, 11) is 1.57. The minimum atomic E-state index is 0.381. The lowest BCUT2D eigenvalue weighted by molar-refractivity contribution is 0.238. The number of ether oxygens (including phenoxy) is 2. The van der Waals surface area contributed by atoms with Gasteiger partial charge in [-0.15, -0.1) is 0 Å². The van der Waals surface area contributed by atoms with Crippen molar-refractivity contribution in [2.75, 3.05) is 33.4 Å². The van der Waals surface area contributed by atoms with E-state index in [9.17, 15) is 0 Å². The molecule has 1 saturated heterocycles. The summed E-state index contributed by atoms with van der Waals surface area (Å²) in [6.07, 6.45) is 4.38. The zero-order valence-electron chi connectivity index (χ0n) is 11.7. The van der Waals surface area contributed by atoms with Crippen molar-refractivity contribution in [3.05, 3.63) is 24.4 Å². The van der Waals surface area contributed by atoms with E-state index in [0.717, 1.165) is 23.2 Å². The second-order valence-electron chi connectivity index (χ2n) is 4.97. The molecule has 0 unspecified atom stereocenters. The molecule has 0 N–H and O–H groups in total. The van der Waals surface area contributed by atoms with E-state index in [2.05, 4.69) is 14.9 Å². The molecule has 0 aliphatic carbocycles. The Morgan fingerprint density at radius 1 is 1.25 bits per heavy atom. The standard InChI is InChI=1S/C15H19N3O2/c1-19-15-16-11-12-4-5-13(10-14(12)17-15)20-9-8-18-6-2-3-7-18/h4-5,10-11H,2-3,6-9H2,1H3. The topological polar surface area (TPSA) is 47.5 Å². The Bertz CT molecular complexity index is 582. The second-order valence-corrected chi connectivity index (χ2v) is 4.97. The fourth-order valence-corrected chi connectivity index (χ4v) is 2.47. The number of nitrogens with zero attached hydrogens (tertiary/aromatic N) is 3. The highest BCUT2D eigenvalue weighted by Gasteiger charge is 2.10. The fourth-order valence-electron chi connectivity index (χ4n) is 2.47. The van der Waals surface area contributed by atoms with Crippen LogP contribution in [0.15, 0.2) is 24.4 Å². The molecule has 0 radical (unpaired) electrons. The molecule has 0 atom stereocenters. The summed E-state index contributed by atoms with van der Waals surface area (Å²) in [6, 6.07) is 6.25. The average molecular weight is 273 g/mol. The largest absolute Gasteiger partial charge is 0.492 e. The number of hydrogen-bond acceptors (Lipinski definition) is 5. The van der Waals surface area contributed by atoms with Gasteiger partial charge < -0.3 is 9.47 Å². The maximum atomic E-state index is 5.81. The maximum Gasteiger partial charge on any atom is 0.316 e. The van der Waals surface area contributed by atoms with Crippen LogP contribution in [-0.4, -0.2) is 48.2 Å². The molecular formula is C15H19N3O2. The van der Waals surface area contributed by atoms with Gasteiger partial charge >= 0.3 is 6.01 Å². The quantitative estimate of drug-likeness (QED) is 0.835. The Kier molecular flexibility index (Phi) is 3.97. The lowest BCUT2D eigenvalue weighted by atomic mass is 10.2. The Balaban J connectivity index is 1.65. The number of benzene rings is 1. The van der Waals surface area contributed by atoms with Crippen LogP contribution in [0.1, 0.15) is 12.8 Å². The summed E-state index contributed by atoms with van der Waals surface area (Å²) in [4.78, 5) is 10.8. The lowest BCUT2D eigenvalue weighted by Crippen LogP contribution is -2.25. The first-order chi connectivity index (χ1) is 9.85. The van der Waals surface area contributed by atoms with E-state index in [1.807, 2.05) is 18.2 Å². The van der Waals surface area contributed by atoms with Gasteiger partial charge in [0.1, 0.15) is 12.4 Å². The van der Waals surface area contributed by atoms with Crippen LogP contribution in [0.2, 0.25) is 0 Å². The molecule has 5 heteroatoms. The molecule has 0 saturated carbocycles. The zero-order chi connectivity index (χ0) is 13.8. The number of methoxy groups -OCH3 is 1. The molecule has 106 valence electrons. The van der Waals surface area contributed by atoms with Gasteiger partial charge in [-0.05, 0) is 38.1 Å². The van der Waals surface area contributed by atoms with Gasteiger partial charge in [-0.25, -0.2) is 4.98 Å². The summed E-state index contributed by atoms with van der Waals surface area (Å²) in [6.45, 7) is 4.11. The average Bonchev–Trinajstić information content (AvgIpc) is 3.00. The van der Waals surface area contributed by atoms with Gasteiger partial charge in [-0.3, -0.25) is 4.90 Å². The second kappa shape index (κ2) is 6.05. The summed E-state index contributed by atoms with van der Waals surface area (Å²) in [5.41, 5.74) is 0.843. The van der Waals surface area contributed by atoms with Gasteiger partial charge in [0.15, 0.2) is 0 Å². The zero-order valence-corrected chi connectivity index (χ0v) is 11.7. The van der Waals surface area contributed by atoms with E-state index in [4.69, 9.17) is 9.47 Å². The normalized spacial score (nSPS) is 15.7. The van der Waals surface area contributed by atoms with Crippen molar-refractivity contribution >= 4 is 10.9 Å². The molecule has 1 fully saturated rings. The Morgan fingerprint density at radius 2 is 2.10 bits per heavy atom. The Morgan fingerprint density at radius 3 is 2.90 bits per heavy atom. The Hall–Kier alpha value is -1.88. The van der Waals surface area contributed by atoms with Gasteiger partial charge in [0, 0.05) is 24.2 Å². The van der Waals surface area contributed by atoms with E-state index in [1.54, 1.807) is 13.3 Å². The first kappa shape index (κ1) is 13.1. The SMILES string of the molecule is COc1ncc2ccc(OCCN3CCCC3)cc2n1. The van der Waals surface area contributed by atoms with Crippen LogP contribution in [0.4, 0.5) is 0 Å². The van der Waals surface area contributed by atoms with Gasteiger partial charge in [-0.1, -0.05) is 0 Å². The van der Waals surface area contributed by atoms with Crippen LogP contribution < -0.4 is 9.47 Å². The van der Waals surface area contributed by atoms with E-state index >= 15 is 0 Å². The molecule has 1 aromatic carbocycles. The monoisotopic (exact) mass is 273 g/mol. The molecule has 3 rings (SSSR count). The van der Waals surface area contributed by atoms with Crippen LogP contribution in [0, 0.1) is 0 Å². The van der Waals surface area contributed by atoms with Crippen molar-refractivity contribution in [2.45, 2.75) is 12.8 Å². The molecule has 0 bridgehead atoms. The number of fused-ring (bicyclic) bond motifs is 1. The molecule has 1 aliphatic rings. The molecule has 2 aromatic rings. The first-order valence-electron chi connectivity index (χ1n) is 7.01. The molecule has 5 nitrogen and oxygen atoms in total. The highest BCUT2D eigenvalue weighted by atomic mass is 16.5. The summed E-state index contributed by atoms with van der Waals surface area (Å²) in [5, 5.41) is 0.984. The van der Waals surface area contributed by atoms with Crippen molar-refractivity contribution in [2.24, 2.45) is 0 Å². The van der Waals surface area contributed by atoms with Gasteiger partial charge in [0.25, 0.3) is 0 Å². The number of aromatic nitrogens is 2. The van der Waals surface area contributed by atoms with Crippen LogP contribution in [0.5, 0.6) is 11.8 Å². The predicted molar refractivity (Wildman–Crippen MR) is 77.3 cm³/mol. The van der Waals surface area contributed by atoms with E-state index in [0.29, 0.717) is 12.6 Å². The summed E-state index contributed by atoms with van der Waals surface area (Å²) < 4.78 is 10.8. The van der Waals surface area contributed by atoms with Gasteiger partial charge in [0.2, 0.25) is 0 Å². The molecule has 0 spiro atoms. The molecule has 20 heavy (non-hydrogen) atoms. The van der Waals surface area contributed by atoms with E-state index in [-0.39, 0.29) is 0 Å². The third-order valence-corrected chi connectivity index (χ3v) is 3.59. The fraction of sp³-hybridized carbons (Fsp3) is 0.467. The number of rotatable bonds is 5. The third-order valence-electron chi connectivity index (χ3n) is 3.59. The molecule has 0 amide bonds. The highest BCUT2D eigenvalue weighted by molar-refractivity contribution is 5.79. The molecule has 1 aromatic heterocycles. The van der Waals surface area contributed by atoms with Crippen LogP contribution in [-0.2, 0) is 0 Å². The molecule has 1 aliphatic heterocycles. The van der Waals surface area contributed by atoms with Crippen molar-refractivity contribution in [1.29, 1.82) is 0 Å². The van der Waals surface area contributed by atoms with Gasteiger partial charge in [0.05, 0.1) is 12.6 Å². The Labute approximate surface area is 118 Å².